The Bertz CT molecular complexity index is 1210. The average Bonchev–Trinajstić information content (AvgIpc) is 3.61. The molecule has 184 valence electrons. The molecule has 1 saturated carbocycles. The Labute approximate surface area is 208 Å². The van der Waals surface area contributed by atoms with Crippen molar-refractivity contribution in [2.45, 2.75) is 43.8 Å². The van der Waals surface area contributed by atoms with Crippen molar-refractivity contribution in [2.24, 2.45) is 0 Å². The first kappa shape index (κ1) is 24.6. The van der Waals surface area contributed by atoms with E-state index in [0.717, 1.165) is 23.8 Å². The summed E-state index contributed by atoms with van der Waals surface area (Å²) in [4.78, 5) is 25.4. The van der Waals surface area contributed by atoms with Gasteiger partial charge in [-0.05, 0) is 25.0 Å². The van der Waals surface area contributed by atoms with Crippen LogP contribution in [0.4, 0.5) is 11.4 Å². The highest BCUT2D eigenvalue weighted by atomic mass is 32.2. The third kappa shape index (κ3) is 5.76. The number of amides is 2. The molecule has 1 aliphatic carbocycles. The smallest absolute Gasteiger partial charge is 0.255 e. The topological polar surface area (TPSA) is 107 Å². The largest absolute Gasteiger partial charge is 0.494 e. The molecule has 0 atom stereocenters. The van der Waals surface area contributed by atoms with Gasteiger partial charge in [-0.3, -0.25) is 9.59 Å². The molecule has 0 unspecified atom stereocenters. The van der Waals surface area contributed by atoms with E-state index in [9.17, 15) is 9.59 Å². The zero-order valence-electron chi connectivity index (χ0n) is 20.2. The van der Waals surface area contributed by atoms with Crippen LogP contribution in [0.2, 0.25) is 0 Å². The molecule has 2 aromatic carbocycles. The van der Waals surface area contributed by atoms with E-state index in [1.165, 1.54) is 26.0 Å². The lowest BCUT2D eigenvalue weighted by Crippen LogP contribution is -2.16. The van der Waals surface area contributed by atoms with Gasteiger partial charge in [0, 0.05) is 29.7 Å². The van der Waals surface area contributed by atoms with Crippen LogP contribution in [0.3, 0.4) is 0 Å². The van der Waals surface area contributed by atoms with E-state index in [4.69, 9.17) is 9.47 Å². The van der Waals surface area contributed by atoms with Gasteiger partial charge in [0.25, 0.3) is 5.91 Å². The number of nitrogens with zero attached hydrogens (tertiary/aromatic N) is 3. The van der Waals surface area contributed by atoms with Crippen LogP contribution in [0.5, 0.6) is 11.5 Å². The molecule has 1 aliphatic rings. The van der Waals surface area contributed by atoms with Crippen LogP contribution >= 0.6 is 11.8 Å². The number of ether oxygens (including phenoxy) is 2. The van der Waals surface area contributed by atoms with Crippen LogP contribution in [-0.2, 0) is 4.79 Å². The number of anilines is 2. The van der Waals surface area contributed by atoms with Gasteiger partial charge in [0.05, 0.1) is 31.3 Å². The van der Waals surface area contributed by atoms with Gasteiger partial charge < -0.3 is 24.7 Å². The van der Waals surface area contributed by atoms with E-state index >= 15 is 0 Å². The maximum atomic E-state index is 12.8. The second kappa shape index (κ2) is 10.8. The first-order valence-electron chi connectivity index (χ1n) is 11.4. The summed E-state index contributed by atoms with van der Waals surface area (Å²) in [5.41, 5.74) is 1.39. The van der Waals surface area contributed by atoms with E-state index in [2.05, 4.69) is 39.2 Å². The lowest BCUT2D eigenvalue weighted by molar-refractivity contribution is -0.113. The van der Waals surface area contributed by atoms with Crippen molar-refractivity contribution in [3.8, 4) is 11.5 Å². The van der Waals surface area contributed by atoms with Gasteiger partial charge in [-0.1, -0.05) is 43.8 Å². The van der Waals surface area contributed by atoms with Crippen LogP contribution in [0.15, 0.2) is 47.6 Å². The molecule has 0 radical (unpaired) electrons. The van der Waals surface area contributed by atoms with Crippen LogP contribution in [0.25, 0.3) is 0 Å². The number of benzene rings is 2. The molecular formula is C25H29N5O4S. The quantitative estimate of drug-likeness (QED) is 0.391. The number of carbonyl (C=O) groups is 2. The Morgan fingerprint density at radius 3 is 2.23 bits per heavy atom. The second-order valence-electron chi connectivity index (χ2n) is 8.51. The number of hydrogen-bond acceptors (Lipinski definition) is 7. The zero-order valence-corrected chi connectivity index (χ0v) is 21.0. The van der Waals surface area contributed by atoms with Crippen LogP contribution in [0, 0.1) is 0 Å². The number of thioether (sulfide) groups is 1. The predicted octanol–water partition coefficient (Wildman–Crippen LogP) is 4.74. The average molecular weight is 496 g/mol. The van der Waals surface area contributed by atoms with Gasteiger partial charge in [-0.2, -0.15) is 0 Å². The van der Waals surface area contributed by atoms with Crippen molar-refractivity contribution in [2.75, 3.05) is 30.6 Å². The maximum Gasteiger partial charge on any atom is 0.255 e. The number of hydrogen-bond donors (Lipinski definition) is 2. The fraction of sp³-hybridized carbons (Fsp3) is 0.360. The molecule has 0 spiro atoms. The molecule has 2 amide bonds. The molecule has 0 bridgehead atoms. The summed E-state index contributed by atoms with van der Waals surface area (Å²) >= 11 is 1.36. The molecule has 4 rings (SSSR count). The lowest BCUT2D eigenvalue weighted by Gasteiger charge is -2.16. The Hall–Kier alpha value is -3.53. The molecule has 1 aromatic heterocycles. The normalized spacial score (nSPS) is 12.9. The molecule has 35 heavy (non-hydrogen) atoms. The van der Waals surface area contributed by atoms with Crippen molar-refractivity contribution in [3.05, 3.63) is 53.9 Å². The van der Waals surface area contributed by atoms with E-state index in [0.29, 0.717) is 34.5 Å². The summed E-state index contributed by atoms with van der Waals surface area (Å²) in [5, 5.41) is 15.1. The lowest BCUT2D eigenvalue weighted by atomic mass is 10.2. The Kier molecular flexibility index (Phi) is 7.60. The first-order valence-corrected chi connectivity index (χ1v) is 12.4. The van der Waals surface area contributed by atoms with Gasteiger partial charge in [-0.25, -0.2) is 0 Å². The Balaban J connectivity index is 1.46. The number of nitrogens with one attached hydrogen (secondary N) is 2. The van der Waals surface area contributed by atoms with Gasteiger partial charge in [-0.15, -0.1) is 10.2 Å². The van der Waals surface area contributed by atoms with Gasteiger partial charge in [0.2, 0.25) is 5.91 Å². The molecular weight excluding hydrogens is 466 g/mol. The second-order valence-corrected chi connectivity index (χ2v) is 9.45. The number of carbonyl (C=O) groups excluding carboxylic acids is 2. The number of methoxy groups -OCH3 is 2. The number of rotatable bonds is 10. The number of aromatic nitrogens is 3. The van der Waals surface area contributed by atoms with Crippen LogP contribution in [0.1, 0.15) is 54.8 Å². The van der Waals surface area contributed by atoms with Crippen molar-refractivity contribution < 1.29 is 19.1 Å². The van der Waals surface area contributed by atoms with E-state index in [1.54, 1.807) is 36.4 Å². The summed E-state index contributed by atoms with van der Waals surface area (Å²) in [6.45, 7) is 4.19. The van der Waals surface area contributed by atoms with E-state index in [-0.39, 0.29) is 23.5 Å². The van der Waals surface area contributed by atoms with E-state index in [1.807, 2.05) is 6.07 Å². The SMILES string of the molecule is COc1cc(NC(=O)c2ccccc2)c(OC)cc1NC(=O)CSc1nnc(C(C)C)n1C1CC1. The molecule has 1 fully saturated rings. The van der Waals surface area contributed by atoms with Crippen molar-refractivity contribution in [1.82, 2.24) is 14.8 Å². The summed E-state index contributed by atoms with van der Waals surface area (Å²) in [6, 6.07) is 12.6. The maximum absolute atomic E-state index is 12.8. The summed E-state index contributed by atoms with van der Waals surface area (Å²) in [5.74, 6) is 1.69. The molecule has 0 aliphatic heterocycles. The molecule has 2 N–H and O–H groups in total. The predicted molar refractivity (Wildman–Crippen MR) is 136 cm³/mol. The Morgan fingerprint density at radius 2 is 1.66 bits per heavy atom. The van der Waals surface area contributed by atoms with Crippen molar-refractivity contribution >= 4 is 35.0 Å². The summed E-state index contributed by atoms with van der Waals surface area (Å²) < 4.78 is 13.1. The first-order chi connectivity index (χ1) is 16.9. The zero-order chi connectivity index (χ0) is 24.9. The van der Waals surface area contributed by atoms with Crippen LogP contribution < -0.4 is 20.1 Å². The molecule has 9 nitrogen and oxygen atoms in total. The van der Waals surface area contributed by atoms with Gasteiger partial charge >= 0.3 is 0 Å². The summed E-state index contributed by atoms with van der Waals surface area (Å²) in [6.07, 6.45) is 2.23. The molecule has 10 heteroatoms. The highest BCUT2D eigenvalue weighted by Crippen LogP contribution is 2.40. The molecule has 1 heterocycles. The highest BCUT2D eigenvalue weighted by Gasteiger charge is 2.30. The minimum absolute atomic E-state index is 0.168. The molecule has 0 saturated heterocycles. The summed E-state index contributed by atoms with van der Waals surface area (Å²) in [7, 11) is 3.00. The van der Waals surface area contributed by atoms with Gasteiger partial charge in [0.1, 0.15) is 17.3 Å². The standard InChI is InChI=1S/C25H29N5O4S/c1-15(2)23-28-29-25(30(23)17-10-11-17)35-14-22(31)26-18-12-21(34-4)19(13-20(18)33-3)27-24(32)16-8-6-5-7-9-16/h5-9,12-13,15,17H,10-11,14H2,1-4H3,(H,26,31)(H,27,32). The van der Waals surface area contributed by atoms with E-state index < -0.39 is 0 Å². The fourth-order valence-corrected chi connectivity index (χ4v) is 4.46. The third-order valence-electron chi connectivity index (χ3n) is 5.53. The van der Waals surface area contributed by atoms with Crippen molar-refractivity contribution in [3.63, 3.8) is 0 Å². The monoisotopic (exact) mass is 495 g/mol. The fourth-order valence-electron chi connectivity index (χ4n) is 3.65. The highest BCUT2D eigenvalue weighted by molar-refractivity contribution is 7.99. The Morgan fingerprint density at radius 1 is 1.03 bits per heavy atom. The third-order valence-corrected chi connectivity index (χ3v) is 6.47. The minimum Gasteiger partial charge on any atom is -0.494 e. The minimum atomic E-state index is -0.278. The van der Waals surface area contributed by atoms with Gasteiger partial charge in [0.15, 0.2) is 5.16 Å². The van der Waals surface area contributed by atoms with Crippen molar-refractivity contribution in [1.29, 1.82) is 0 Å². The molecule has 3 aromatic rings. The van der Waals surface area contributed by atoms with Crippen LogP contribution in [-0.4, -0.2) is 46.6 Å².